The van der Waals surface area contributed by atoms with Crippen molar-refractivity contribution in [2.75, 3.05) is 14.2 Å². The van der Waals surface area contributed by atoms with Gasteiger partial charge in [0, 0.05) is 0 Å². The molecule has 0 atom stereocenters. The zero-order chi connectivity index (χ0) is 14.6. The molecule has 1 aromatic rings. The predicted molar refractivity (Wildman–Crippen MR) is 76.2 cm³/mol. The van der Waals surface area contributed by atoms with Crippen LogP contribution in [0, 0.1) is 11.5 Å². The fourth-order valence-corrected chi connectivity index (χ4v) is 1.86. The first-order chi connectivity index (χ1) is 8.78. The number of aromatic hydroxyl groups is 1. The number of phenolic OH excluding ortho intramolecular Hbond substituents is 1. The van der Waals surface area contributed by atoms with Crippen LogP contribution < -0.4 is 4.74 Å². The van der Waals surface area contributed by atoms with E-state index in [1.807, 2.05) is 0 Å². The van der Waals surface area contributed by atoms with Crippen LogP contribution in [0.15, 0.2) is 12.1 Å². The third-order valence-electron chi connectivity index (χ3n) is 2.29. The molecule has 0 heterocycles. The number of phenols is 1. The Labute approximate surface area is 114 Å². The number of carbonyl (C=O) groups is 1. The summed E-state index contributed by atoms with van der Waals surface area (Å²) in [6.45, 7) is 6.29. The Kier molecular flexibility index (Phi) is 4.62. The van der Waals surface area contributed by atoms with E-state index in [1.54, 1.807) is 0 Å². The maximum Gasteiger partial charge on any atom is 0.338 e. The van der Waals surface area contributed by atoms with E-state index in [4.69, 9.17) is 4.74 Å². The van der Waals surface area contributed by atoms with Gasteiger partial charge in [-0.05, 0) is 12.1 Å². The van der Waals surface area contributed by atoms with E-state index in [-0.39, 0.29) is 11.5 Å². The highest BCUT2D eigenvalue weighted by molar-refractivity contribution is 6.83. The molecule has 102 valence electrons. The van der Waals surface area contributed by atoms with E-state index in [0.29, 0.717) is 11.1 Å². The van der Waals surface area contributed by atoms with Crippen LogP contribution >= 0.6 is 0 Å². The quantitative estimate of drug-likeness (QED) is 0.513. The Morgan fingerprint density at radius 2 is 1.89 bits per heavy atom. The van der Waals surface area contributed by atoms with Gasteiger partial charge in [-0.15, -0.1) is 5.54 Å². The maximum atomic E-state index is 11.5. The number of ether oxygens (including phenoxy) is 2. The lowest BCUT2D eigenvalue weighted by molar-refractivity contribution is 0.0600. The number of benzene rings is 1. The predicted octanol–water partition coefficient (Wildman–Crippen LogP) is 2.42. The number of rotatable bonds is 2. The highest BCUT2D eigenvalue weighted by atomic mass is 28.3. The summed E-state index contributed by atoms with van der Waals surface area (Å²) in [7, 11) is 1.15. The molecule has 0 spiro atoms. The number of hydrogen-bond donors (Lipinski definition) is 1. The lowest BCUT2D eigenvalue weighted by Crippen LogP contribution is -2.16. The third kappa shape index (κ3) is 4.04. The molecule has 19 heavy (non-hydrogen) atoms. The van der Waals surface area contributed by atoms with E-state index in [1.165, 1.54) is 26.4 Å². The standard InChI is InChI=1S/C14H18O4Si/c1-17-12-9-11(14(16)18-2)8-10(13(12)15)6-7-19(3,4)5/h8-9,15H,1-5H3. The first-order valence-electron chi connectivity index (χ1n) is 5.81. The molecular weight excluding hydrogens is 260 g/mol. The minimum absolute atomic E-state index is 0.0547. The molecule has 0 aliphatic heterocycles. The Balaban J connectivity index is 3.36. The van der Waals surface area contributed by atoms with Crippen molar-refractivity contribution in [3.63, 3.8) is 0 Å². The van der Waals surface area contributed by atoms with Crippen molar-refractivity contribution in [3.8, 4) is 23.0 Å². The first-order valence-corrected chi connectivity index (χ1v) is 9.31. The van der Waals surface area contributed by atoms with Crippen molar-refractivity contribution in [3.05, 3.63) is 23.3 Å². The topological polar surface area (TPSA) is 55.8 Å². The minimum Gasteiger partial charge on any atom is -0.503 e. The van der Waals surface area contributed by atoms with Crippen LogP contribution in [0.4, 0.5) is 0 Å². The summed E-state index contributed by atoms with van der Waals surface area (Å²) in [5, 5.41) is 10.0. The van der Waals surface area contributed by atoms with Crippen LogP contribution in [0.3, 0.4) is 0 Å². The van der Waals surface area contributed by atoms with Gasteiger partial charge in [-0.25, -0.2) is 4.79 Å². The highest BCUT2D eigenvalue weighted by Crippen LogP contribution is 2.31. The van der Waals surface area contributed by atoms with Gasteiger partial charge >= 0.3 is 5.97 Å². The highest BCUT2D eigenvalue weighted by Gasteiger charge is 2.15. The average Bonchev–Trinajstić information content (AvgIpc) is 2.35. The molecule has 0 amide bonds. The fraction of sp³-hybridized carbons (Fsp3) is 0.357. The van der Waals surface area contributed by atoms with Crippen molar-refractivity contribution >= 4 is 14.0 Å². The van der Waals surface area contributed by atoms with Crippen LogP contribution in [0.5, 0.6) is 11.5 Å². The largest absolute Gasteiger partial charge is 0.503 e. The van der Waals surface area contributed by atoms with Crippen molar-refractivity contribution in [2.45, 2.75) is 19.6 Å². The smallest absolute Gasteiger partial charge is 0.338 e. The molecule has 0 saturated heterocycles. The maximum absolute atomic E-state index is 11.5. The van der Waals surface area contributed by atoms with Crippen LogP contribution in [-0.4, -0.2) is 33.4 Å². The molecule has 0 aliphatic carbocycles. The third-order valence-corrected chi connectivity index (χ3v) is 3.16. The minimum atomic E-state index is -1.57. The lowest BCUT2D eigenvalue weighted by Gasteiger charge is -2.09. The van der Waals surface area contributed by atoms with E-state index >= 15 is 0 Å². The molecule has 0 aromatic heterocycles. The Morgan fingerprint density at radius 3 is 2.37 bits per heavy atom. The van der Waals surface area contributed by atoms with Gasteiger partial charge in [0.05, 0.1) is 25.3 Å². The van der Waals surface area contributed by atoms with Crippen LogP contribution in [0.2, 0.25) is 19.6 Å². The monoisotopic (exact) mass is 278 g/mol. The fourth-order valence-electron chi connectivity index (χ4n) is 1.35. The molecule has 1 N–H and O–H groups in total. The Morgan fingerprint density at radius 1 is 1.26 bits per heavy atom. The molecule has 0 fully saturated rings. The van der Waals surface area contributed by atoms with Gasteiger partial charge < -0.3 is 14.6 Å². The van der Waals surface area contributed by atoms with Gasteiger partial charge in [0.15, 0.2) is 11.5 Å². The zero-order valence-electron chi connectivity index (χ0n) is 11.8. The van der Waals surface area contributed by atoms with Gasteiger partial charge in [-0.3, -0.25) is 0 Å². The van der Waals surface area contributed by atoms with Gasteiger partial charge in [0.2, 0.25) is 0 Å². The Hall–Kier alpha value is -1.93. The van der Waals surface area contributed by atoms with E-state index < -0.39 is 14.0 Å². The summed E-state index contributed by atoms with van der Waals surface area (Å²) >= 11 is 0. The molecule has 5 heteroatoms. The van der Waals surface area contributed by atoms with Crippen molar-refractivity contribution in [2.24, 2.45) is 0 Å². The summed E-state index contributed by atoms with van der Waals surface area (Å²) in [6.07, 6.45) is 0. The van der Waals surface area contributed by atoms with Gasteiger partial charge in [0.25, 0.3) is 0 Å². The van der Waals surface area contributed by atoms with Crippen LogP contribution in [0.25, 0.3) is 0 Å². The molecule has 0 saturated carbocycles. The van der Waals surface area contributed by atoms with Crippen LogP contribution in [0.1, 0.15) is 15.9 Å². The number of methoxy groups -OCH3 is 2. The summed E-state index contributed by atoms with van der Waals surface area (Å²) in [4.78, 5) is 11.5. The second kappa shape index (κ2) is 5.80. The van der Waals surface area contributed by atoms with Crippen molar-refractivity contribution in [1.29, 1.82) is 0 Å². The molecule has 4 nitrogen and oxygen atoms in total. The molecule has 0 bridgehead atoms. The van der Waals surface area contributed by atoms with Gasteiger partial charge in [-0.2, -0.15) is 0 Å². The lowest BCUT2D eigenvalue weighted by atomic mass is 10.1. The summed E-state index contributed by atoms with van der Waals surface area (Å²) in [5.41, 5.74) is 3.82. The number of hydrogen-bond acceptors (Lipinski definition) is 4. The zero-order valence-corrected chi connectivity index (χ0v) is 12.8. The molecule has 1 aromatic carbocycles. The number of carbonyl (C=O) groups excluding carboxylic acids is 1. The Bertz CT molecular complexity index is 547. The molecule has 0 radical (unpaired) electrons. The van der Waals surface area contributed by atoms with Gasteiger partial charge in [-0.1, -0.05) is 25.6 Å². The van der Waals surface area contributed by atoms with E-state index in [9.17, 15) is 9.90 Å². The molecular formula is C14H18O4Si. The number of esters is 1. The van der Waals surface area contributed by atoms with Crippen LogP contribution in [-0.2, 0) is 4.74 Å². The molecule has 0 unspecified atom stereocenters. The van der Waals surface area contributed by atoms with E-state index in [2.05, 4.69) is 35.8 Å². The molecule has 0 aliphatic rings. The molecule has 1 rings (SSSR count). The summed E-state index contributed by atoms with van der Waals surface area (Å²) < 4.78 is 9.70. The average molecular weight is 278 g/mol. The first kappa shape index (κ1) is 15.1. The van der Waals surface area contributed by atoms with Gasteiger partial charge in [0.1, 0.15) is 8.07 Å². The van der Waals surface area contributed by atoms with E-state index in [0.717, 1.165) is 0 Å². The van der Waals surface area contributed by atoms with Crippen molar-refractivity contribution in [1.82, 2.24) is 0 Å². The SMILES string of the molecule is COC(=O)c1cc(C#C[Si](C)(C)C)c(O)c(OC)c1. The van der Waals surface area contributed by atoms with Crippen molar-refractivity contribution < 1.29 is 19.4 Å². The summed E-state index contributed by atoms with van der Waals surface area (Å²) in [5.74, 6) is 2.59. The second-order valence-corrected chi connectivity index (χ2v) is 9.82. The summed E-state index contributed by atoms with van der Waals surface area (Å²) in [6, 6.07) is 2.94. The second-order valence-electron chi connectivity index (χ2n) is 5.07. The normalized spacial score (nSPS) is 10.4.